The van der Waals surface area contributed by atoms with E-state index in [0.29, 0.717) is 42.5 Å². The zero-order chi connectivity index (χ0) is 15.5. The van der Waals surface area contributed by atoms with Crippen LogP contribution >= 0.6 is 11.6 Å². The Labute approximate surface area is 132 Å². The quantitative estimate of drug-likeness (QED) is 0.793. The Kier molecular flexibility index (Phi) is 4.11. The van der Waals surface area contributed by atoms with E-state index in [1.54, 1.807) is 28.0 Å². The van der Waals surface area contributed by atoms with Crippen molar-refractivity contribution in [2.75, 3.05) is 26.2 Å². The molecule has 2 amide bonds. The van der Waals surface area contributed by atoms with E-state index in [2.05, 4.69) is 4.98 Å². The number of piperazine rings is 1. The van der Waals surface area contributed by atoms with E-state index in [0.717, 1.165) is 0 Å². The first-order valence-corrected chi connectivity index (χ1v) is 7.25. The number of halogens is 1. The van der Waals surface area contributed by atoms with Crippen LogP contribution in [0, 0.1) is 0 Å². The maximum absolute atomic E-state index is 12.4. The maximum atomic E-state index is 12.4. The first-order chi connectivity index (χ1) is 10.6. The maximum Gasteiger partial charge on any atom is 0.257 e. The monoisotopic (exact) mass is 319 g/mol. The molecule has 0 aromatic carbocycles. The Morgan fingerprint density at radius 3 is 2.23 bits per heavy atom. The number of carbonyl (C=O) groups excluding carboxylic acids is 2. The van der Waals surface area contributed by atoms with Gasteiger partial charge in [-0.25, -0.2) is 4.98 Å². The van der Waals surface area contributed by atoms with Crippen molar-refractivity contribution in [2.45, 2.75) is 0 Å². The van der Waals surface area contributed by atoms with Gasteiger partial charge in [0.1, 0.15) is 11.4 Å². The Morgan fingerprint density at radius 1 is 1.05 bits per heavy atom. The minimum Gasteiger partial charge on any atom is -0.472 e. The van der Waals surface area contributed by atoms with Gasteiger partial charge in [-0.05, 0) is 18.2 Å². The molecule has 114 valence electrons. The molecule has 0 saturated carbocycles. The standard InChI is InChI=1S/C15H14ClN3O3/c16-13-9-11(1-3-17-13)14(20)18-4-6-19(7-5-18)15(21)12-2-8-22-10-12/h1-3,8-10H,4-7H2. The first kappa shape index (κ1) is 14.6. The van der Waals surface area contributed by atoms with Crippen LogP contribution in [0.4, 0.5) is 0 Å². The predicted octanol–water partition coefficient (Wildman–Crippen LogP) is 1.93. The van der Waals surface area contributed by atoms with Crippen molar-refractivity contribution in [2.24, 2.45) is 0 Å². The Hall–Kier alpha value is -2.34. The zero-order valence-corrected chi connectivity index (χ0v) is 12.5. The third kappa shape index (κ3) is 2.96. The molecule has 1 aliphatic heterocycles. The Balaban J connectivity index is 1.62. The molecule has 1 fully saturated rings. The Morgan fingerprint density at radius 2 is 1.68 bits per heavy atom. The van der Waals surface area contributed by atoms with Crippen LogP contribution < -0.4 is 0 Å². The van der Waals surface area contributed by atoms with E-state index >= 15 is 0 Å². The van der Waals surface area contributed by atoms with Gasteiger partial charge in [0.2, 0.25) is 0 Å². The highest BCUT2D eigenvalue weighted by molar-refractivity contribution is 6.29. The summed E-state index contributed by atoms with van der Waals surface area (Å²) < 4.78 is 4.92. The molecular weight excluding hydrogens is 306 g/mol. The third-order valence-electron chi connectivity index (χ3n) is 3.60. The second-order valence-corrected chi connectivity index (χ2v) is 5.35. The van der Waals surface area contributed by atoms with Gasteiger partial charge in [-0.3, -0.25) is 9.59 Å². The van der Waals surface area contributed by atoms with Gasteiger partial charge < -0.3 is 14.2 Å². The summed E-state index contributed by atoms with van der Waals surface area (Å²) in [7, 11) is 0. The van der Waals surface area contributed by atoms with Gasteiger partial charge >= 0.3 is 0 Å². The molecule has 0 radical (unpaired) electrons. The highest BCUT2D eigenvalue weighted by atomic mass is 35.5. The fourth-order valence-corrected chi connectivity index (χ4v) is 2.57. The first-order valence-electron chi connectivity index (χ1n) is 6.87. The molecule has 3 heterocycles. The molecule has 0 unspecified atom stereocenters. The average Bonchev–Trinajstić information content (AvgIpc) is 3.08. The number of aromatic nitrogens is 1. The van der Waals surface area contributed by atoms with Crippen molar-refractivity contribution < 1.29 is 14.0 Å². The van der Waals surface area contributed by atoms with Crippen LogP contribution in [0.15, 0.2) is 41.3 Å². The zero-order valence-electron chi connectivity index (χ0n) is 11.7. The van der Waals surface area contributed by atoms with Gasteiger partial charge in [0, 0.05) is 37.9 Å². The number of amides is 2. The van der Waals surface area contributed by atoms with Crippen LogP contribution in [-0.4, -0.2) is 52.8 Å². The molecule has 22 heavy (non-hydrogen) atoms. The van der Waals surface area contributed by atoms with E-state index in [9.17, 15) is 9.59 Å². The molecule has 1 aliphatic rings. The largest absolute Gasteiger partial charge is 0.472 e. The lowest BCUT2D eigenvalue weighted by Gasteiger charge is -2.34. The fraction of sp³-hybridized carbons (Fsp3) is 0.267. The normalized spacial score (nSPS) is 15.0. The summed E-state index contributed by atoms with van der Waals surface area (Å²) in [5.41, 5.74) is 1.04. The summed E-state index contributed by atoms with van der Waals surface area (Å²) in [5.74, 6) is -0.174. The van der Waals surface area contributed by atoms with Gasteiger partial charge in [0.25, 0.3) is 11.8 Å². The summed E-state index contributed by atoms with van der Waals surface area (Å²) >= 11 is 5.81. The van der Waals surface area contributed by atoms with Gasteiger partial charge in [0.15, 0.2) is 0 Å². The van der Waals surface area contributed by atoms with Gasteiger partial charge in [-0.2, -0.15) is 0 Å². The van der Waals surface area contributed by atoms with E-state index in [1.807, 2.05) is 0 Å². The van der Waals surface area contributed by atoms with Gasteiger partial charge in [-0.1, -0.05) is 11.6 Å². The second-order valence-electron chi connectivity index (χ2n) is 4.96. The van der Waals surface area contributed by atoms with Crippen LogP contribution in [-0.2, 0) is 0 Å². The average molecular weight is 320 g/mol. The lowest BCUT2D eigenvalue weighted by Crippen LogP contribution is -2.50. The van der Waals surface area contributed by atoms with Crippen molar-refractivity contribution in [1.29, 1.82) is 0 Å². The molecular formula is C15H14ClN3O3. The van der Waals surface area contributed by atoms with Crippen molar-refractivity contribution >= 4 is 23.4 Å². The number of furan rings is 1. The Bertz CT molecular complexity index is 679. The molecule has 0 spiro atoms. The number of hydrogen-bond acceptors (Lipinski definition) is 4. The minimum atomic E-state index is -0.0975. The van der Waals surface area contributed by atoms with Crippen molar-refractivity contribution in [3.8, 4) is 0 Å². The smallest absolute Gasteiger partial charge is 0.257 e. The molecule has 0 N–H and O–H groups in total. The predicted molar refractivity (Wildman–Crippen MR) is 79.8 cm³/mol. The van der Waals surface area contributed by atoms with Crippen molar-refractivity contribution in [3.05, 3.63) is 53.2 Å². The summed E-state index contributed by atoms with van der Waals surface area (Å²) in [6, 6.07) is 4.82. The molecule has 2 aromatic heterocycles. The van der Waals surface area contributed by atoms with Crippen molar-refractivity contribution in [1.82, 2.24) is 14.8 Å². The topological polar surface area (TPSA) is 66.7 Å². The molecule has 1 saturated heterocycles. The third-order valence-corrected chi connectivity index (χ3v) is 3.80. The van der Waals surface area contributed by atoms with Crippen LogP contribution in [0.1, 0.15) is 20.7 Å². The van der Waals surface area contributed by atoms with E-state index < -0.39 is 0 Å². The number of nitrogens with zero attached hydrogens (tertiary/aromatic N) is 3. The molecule has 2 aromatic rings. The number of rotatable bonds is 2. The summed E-state index contributed by atoms with van der Waals surface area (Å²) in [6.45, 7) is 1.97. The summed E-state index contributed by atoms with van der Waals surface area (Å²) in [5, 5.41) is 0.291. The molecule has 0 bridgehead atoms. The summed E-state index contributed by atoms with van der Waals surface area (Å²) in [6.07, 6.45) is 4.41. The second kappa shape index (κ2) is 6.19. The van der Waals surface area contributed by atoms with E-state index in [1.165, 1.54) is 18.7 Å². The highest BCUT2D eigenvalue weighted by Crippen LogP contribution is 2.13. The fourth-order valence-electron chi connectivity index (χ4n) is 2.40. The van der Waals surface area contributed by atoms with Gasteiger partial charge in [-0.15, -0.1) is 0 Å². The number of carbonyl (C=O) groups is 2. The lowest BCUT2D eigenvalue weighted by molar-refractivity contribution is 0.0535. The number of hydrogen-bond donors (Lipinski definition) is 0. The van der Waals surface area contributed by atoms with Crippen LogP contribution in [0.5, 0.6) is 0 Å². The molecule has 3 rings (SSSR count). The molecule has 0 aliphatic carbocycles. The SMILES string of the molecule is O=C(c1ccoc1)N1CCN(C(=O)c2ccnc(Cl)c2)CC1. The molecule has 0 atom stereocenters. The van der Waals surface area contributed by atoms with E-state index in [-0.39, 0.29) is 11.8 Å². The lowest BCUT2D eigenvalue weighted by atomic mass is 10.2. The van der Waals surface area contributed by atoms with E-state index in [4.69, 9.17) is 16.0 Å². The highest BCUT2D eigenvalue weighted by Gasteiger charge is 2.26. The van der Waals surface area contributed by atoms with Crippen LogP contribution in [0.3, 0.4) is 0 Å². The van der Waals surface area contributed by atoms with Crippen LogP contribution in [0.2, 0.25) is 5.15 Å². The van der Waals surface area contributed by atoms with Crippen molar-refractivity contribution in [3.63, 3.8) is 0 Å². The molecule has 6 nitrogen and oxygen atoms in total. The minimum absolute atomic E-state index is 0.0761. The number of pyridine rings is 1. The van der Waals surface area contributed by atoms with Gasteiger partial charge in [0.05, 0.1) is 11.8 Å². The molecule has 7 heteroatoms. The van der Waals surface area contributed by atoms with Crippen LogP contribution in [0.25, 0.3) is 0 Å². The summed E-state index contributed by atoms with van der Waals surface area (Å²) in [4.78, 5) is 31.9.